The minimum Gasteiger partial charge on any atom is -0.506 e. The van der Waals surface area contributed by atoms with Crippen LogP contribution in [0, 0.1) is 5.92 Å². The van der Waals surface area contributed by atoms with E-state index in [1.54, 1.807) is 0 Å². The molecule has 0 radical (unpaired) electrons. The molecule has 2 aromatic carbocycles. The summed E-state index contributed by atoms with van der Waals surface area (Å²) in [5, 5.41) is 20.8. The summed E-state index contributed by atoms with van der Waals surface area (Å²) in [6.45, 7) is 2.58. The monoisotopic (exact) mass is 391 g/mol. The Morgan fingerprint density at radius 1 is 1.14 bits per heavy atom. The molecular formula is C24H29N3O2. The Bertz CT molecular complexity index is 936. The summed E-state index contributed by atoms with van der Waals surface area (Å²) in [6.07, 6.45) is 7.40. The number of hydrogen-bond donors (Lipinski definition) is 4. The van der Waals surface area contributed by atoms with Gasteiger partial charge in [0.25, 0.3) is 0 Å². The highest BCUT2D eigenvalue weighted by molar-refractivity contribution is 5.88. The van der Waals surface area contributed by atoms with Crippen LogP contribution in [0.1, 0.15) is 50.2 Å². The van der Waals surface area contributed by atoms with Crippen LogP contribution in [-0.4, -0.2) is 23.6 Å². The molecular weight excluding hydrogens is 362 g/mol. The maximum atomic E-state index is 11.2. The highest BCUT2D eigenvalue weighted by Gasteiger charge is 2.51. The van der Waals surface area contributed by atoms with Crippen LogP contribution in [0.3, 0.4) is 0 Å². The van der Waals surface area contributed by atoms with Gasteiger partial charge in [-0.05, 0) is 85.7 Å². The average molecular weight is 392 g/mol. The summed E-state index contributed by atoms with van der Waals surface area (Å²) in [5.41, 5.74) is 5.41. The zero-order chi connectivity index (χ0) is 20.0. The first-order chi connectivity index (χ1) is 14.0. The summed E-state index contributed by atoms with van der Waals surface area (Å²) in [6, 6.07) is 12.3. The van der Waals surface area contributed by atoms with Crippen LogP contribution in [0.25, 0.3) is 0 Å². The van der Waals surface area contributed by atoms with Gasteiger partial charge >= 0.3 is 0 Å². The van der Waals surface area contributed by atoms with Crippen molar-refractivity contribution in [1.29, 1.82) is 0 Å². The SMILES string of the molecule is CC(=O)Nc1ccc(Nc2cc3c(cc2O)[C@]24CCCC[C@@H]2[C@H](C3)NCC4)cc1. The zero-order valence-electron chi connectivity index (χ0n) is 16.9. The van der Waals surface area contributed by atoms with Crippen molar-refractivity contribution in [3.63, 3.8) is 0 Å². The van der Waals surface area contributed by atoms with Crippen LogP contribution >= 0.6 is 0 Å². The molecule has 0 unspecified atom stereocenters. The van der Waals surface area contributed by atoms with Crippen molar-refractivity contribution in [2.75, 3.05) is 17.2 Å². The van der Waals surface area contributed by atoms with Gasteiger partial charge in [0.05, 0.1) is 5.69 Å². The smallest absolute Gasteiger partial charge is 0.221 e. The van der Waals surface area contributed by atoms with Gasteiger partial charge in [-0.2, -0.15) is 0 Å². The number of aromatic hydroxyl groups is 1. The Morgan fingerprint density at radius 2 is 1.93 bits per heavy atom. The van der Waals surface area contributed by atoms with Gasteiger partial charge in [0, 0.05) is 29.8 Å². The number of nitrogens with one attached hydrogen (secondary N) is 3. The number of anilines is 3. The summed E-state index contributed by atoms with van der Waals surface area (Å²) in [7, 11) is 0. The van der Waals surface area contributed by atoms with E-state index in [2.05, 4.69) is 22.0 Å². The van der Waals surface area contributed by atoms with E-state index in [-0.39, 0.29) is 11.3 Å². The van der Waals surface area contributed by atoms with Crippen LogP contribution in [0.5, 0.6) is 5.75 Å². The molecule has 5 heteroatoms. The third-order valence-electron chi connectivity index (χ3n) is 7.24. The van der Waals surface area contributed by atoms with Crippen molar-refractivity contribution in [3.8, 4) is 5.75 Å². The molecule has 2 aromatic rings. The van der Waals surface area contributed by atoms with E-state index in [0.29, 0.717) is 17.7 Å². The lowest BCUT2D eigenvalue weighted by Gasteiger charge is -2.56. The summed E-state index contributed by atoms with van der Waals surface area (Å²) in [5.74, 6) is 0.944. The predicted octanol–water partition coefficient (Wildman–Crippen LogP) is 4.44. The number of piperidine rings is 1. The number of benzene rings is 2. The molecule has 1 heterocycles. The molecule has 0 spiro atoms. The third kappa shape index (κ3) is 3.18. The Kier molecular flexibility index (Phi) is 4.50. The van der Waals surface area contributed by atoms with Crippen molar-refractivity contribution in [2.24, 2.45) is 5.92 Å². The predicted molar refractivity (Wildman–Crippen MR) is 116 cm³/mol. The Morgan fingerprint density at radius 3 is 2.72 bits per heavy atom. The Hall–Kier alpha value is -2.53. The largest absolute Gasteiger partial charge is 0.506 e. The van der Waals surface area contributed by atoms with Crippen molar-refractivity contribution in [1.82, 2.24) is 5.32 Å². The van der Waals surface area contributed by atoms with E-state index in [1.807, 2.05) is 30.3 Å². The van der Waals surface area contributed by atoms with E-state index in [4.69, 9.17) is 0 Å². The fourth-order valence-corrected chi connectivity index (χ4v) is 6.07. The van der Waals surface area contributed by atoms with Crippen molar-refractivity contribution >= 4 is 23.0 Å². The lowest BCUT2D eigenvalue weighted by atomic mass is 9.53. The molecule has 1 saturated heterocycles. The molecule has 5 rings (SSSR count). The van der Waals surface area contributed by atoms with E-state index in [9.17, 15) is 9.90 Å². The van der Waals surface area contributed by atoms with Gasteiger partial charge in [-0.15, -0.1) is 0 Å². The van der Waals surface area contributed by atoms with Crippen LogP contribution < -0.4 is 16.0 Å². The van der Waals surface area contributed by atoms with Gasteiger partial charge in [0.1, 0.15) is 5.75 Å². The molecule has 1 saturated carbocycles. The molecule has 2 aliphatic carbocycles. The lowest BCUT2D eigenvalue weighted by Crippen LogP contribution is -2.59. The zero-order valence-corrected chi connectivity index (χ0v) is 16.9. The van der Waals surface area contributed by atoms with E-state index < -0.39 is 0 Å². The van der Waals surface area contributed by atoms with Crippen molar-refractivity contribution in [3.05, 3.63) is 47.5 Å². The topological polar surface area (TPSA) is 73.4 Å². The molecule has 0 aromatic heterocycles. The van der Waals surface area contributed by atoms with Crippen LogP contribution in [0.15, 0.2) is 36.4 Å². The second-order valence-corrected chi connectivity index (χ2v) is 8.93. The maximum absolute atomic E-state index is 11.2. The van der Waals surface area contributed by atoms with Gasteiger partial charge in [0.2, 0.25) is 5.91 Å². The Balaban J connectivity index is 1.45. The average Bonchev–Trinajstić information content (AvgIpc) is 2.70. The highest BCUT2D eigenvalue weighted by atomic mass is 16.3. The third-order valence-corrected chi connectivity index (χ3v) is 7.24. The summed E-state index contributed by atoms with van der Waals surface area (Å²) >= 11 is 0. The van der Waals surface area contributed by atoms with Gasteiger partial charge in [-0.3, -0.25) is 4.79 Å². The molecule has 2 fully saturated rings. The molecule has 152 valence electrons. The molecule has 3 aliphatic rings. The minimum atomic E-state index is -0.0856. The molecule has 2 bridgehead atoms. The van der Waals surface area contributed by atoms with Crippen LogP contribution in [-0.2, 0) is 16.6 Å². The minimum absolute atomic E-state index is 0.0856. The van der Waals surface area contributed by atoms with Crippen LogP contribution in [0.2, 0.25) is 0 Å². The van der Waals surface area contributed by atoms with Gasteiger partial charge in [0.15, 0.2) is 0 Å². The standard InChI is InChI=1S/C24H29N3O2/c1-15(28)26-17-5-7-18(8-6-17)27-22-13-16-12-21-19-4-2-3-9-24(19,10-11-25-21)20(16)14-23(22)29/h5-8,13-14,19,21,25,27,29H,2-4,9-12H2,1H3,(H,26,28)/t19-,21+,24+/m1/s1. The normalized spacial score (nSPS) is 27.5. The maximum Gasteiger partial charge on any atom is 0.221 e. The molecule has 29 heavy (non-hydrogen) atoms. The first kappa shape index (κ1) is 18.5. The van der Waals surface area contributed by atoms with E-state index >= 15 is 0 Å². The number of phenolic OH excluding ortho intramolecular Hbond substituents is 1. The fraction of sp³-hybridized carbons (Fsp3) is 0.458. The number of rotatable bonds is 3. The number of phenols is 1. The van der Waals surface area contributed by atoms with Gasteiger partial charge in [-0.25, -0.2) is 0 Å². The van der Waals surface area contributed by atoms with Gasteiger partial charge in [-0.1, -0.05) is 12.8 Å². The first-order valence-corrected chi connectivity index (χ1v) is 10.8. The number of carbonyl (C=O) groups excluding carboxylic acids is 1. The second kappa shape index (κ2) is 7.06. The van der Waals surface area contributed by atoms with Gasteiger partial charge < -0.3 is 21.1 Å². The van der Waals surface area contributed by atoms with Crippen molar-refractivity contribution in [2.45, 2.75) is 56.9 Å². The first-order valence-electron chi connectivity index (χ1n) is 10.8. The molecule has 1 aliphatic heterocycles. The summed E-state index contributed by atoms with van der Waals surface area (Å²) < 4.78 is 0. The highest BCUT2D eigenvalue weighted by Crippen LogP contribution is 2.55. The molecule has 3 atom stereocenters. The van der Waals surface area contributed by atoms with Crippen molar-refractivity contribution < 1.29 is 9.90 Å². The number of carbonyl (C=O) groups is 1. The number of fused-ring (bicyclic) bond motifs is 1. The lowest BCUT2D eigenvalue weighted by molar-refractivity contribution is -0.114. The summed E-state index contributed by atoms with van der Waals surface area (Å²) in [4.78, 5) is 11.2. The van der Waals surface area contributed by atoms with E-state index in [0.717, 1.165) is 30.0 Å². The van der Waals surface area contributed by atoms with E-state index in [1.165, 1.54) is 50.2 Å². The molecule has 1 amide bonds. The second-order valence-electron chi connectivity index (χ2n) is 8.93. The number of amides is 1. The quantitative estimate of drug-likeness (QED) is 0.584. The fourth-order valence-electron chi connectivity index (χ4n) is 6.07. The Labute approximate surface area is 171 Å². The number of hydrogen-bond acceptors (Lipinski definition) is 4. The molecule has 5 nitrogen and oxygen atoms in total. The molecule has 4 N–H and O–H groups in total. The van der Waals surface area contributed by atoms with Crippen LogP contribution in [0.4, 0.5) is 17.1 Å².